The molecule has 0 heterocycles. The Balaban J connectivity index is 2.18. The van der Waals surface area contributed by atoms with Gasteiger partial charge in [-0.05, 0) is 42.8 Å². The van der Waals surface area contributed by atoms with Crippen LogP contribution in [0.5, 0.6) is 5.75 Å². The molecule has 0 aliphatic rings. The van der Waals surface area contributed by atoms with Crippen LogP contribution >= 0.6 is 27.5 Å². The van der Waals surface area contributed by atoms with Crippen LogP contribution in [-0.2, 0) is 6.54 Å². The van der Waals surface area contributed by atoms with Crippen LogP contribution in [0.3, 0.4) is 0 Å². The topological polar surface area (TPSA) is 21.3 Å². The summed E-state index contributed by atoms with van der Waals surface area (Å²) in [4.78, 5) is 0. The van der Waals surface area contributed by atoms with Crippen molar-refractivity contribution in [1.29, 1.82) is 0 Å². The highest BCUT2D eigenvalue weighted by Crippen LogP contribution is 2.26. The van der Waals surface area contributed by atoms with Gasteiger partial charge in [0.15, 0.2) is 0 Å². The number of benzene rings is 2. The minimum Gasteiger partial charge on any atom is -0.496 e. The summed E-state index contributed by atoms with van der Waals surface area (Å²) in [5, 5.41) is 4.11. The maximum Gasteiger partial charge on any atom is 0.123 e. The molecule has 19 heavy (non-hydrogen) atoms. The summed E-state index contributed by atoms with van der Waals surface area (Å²) in [7, 11) is 1.66. The Labute approximate surface area is 126 Å². The first-order valence-electron chi connectivity index (χ1n) is 5.93. The summed E-state index contributed by atoms with van der Waals surface area (Å²) in [5.74, 6) is 0.838. The van der Waals surface area contributed by atoms with E-state index in [1.54, 1.807) is 7.11 Å². The van der Waals surface area contributed by atoms with Gasteiger partial charge in [-0.1, -0.05) is 33.6 Å². The molecule has 1 N–H and O–H groups in total. The largest absolute Gasteiger partial charge is 0.496 e. The third-order valence-corrected chi connectivity index (χ3v) is 4.07. The normalized spacial score (nSPS) is 10.3. The lowest BCUT2D eigenvalue weighted by Gasteiger charge is -2.13. The monoisotopic (exact) mass is 339 g/mol. The fourth-order valence-corrected chi connectivity index (χ4v) is 2.44. The van der Waals surface area contributed by atoms with Crippen LogP contribution < -0.4 is 10.1 Å². The van der Waals surface area contributed by atoms with E-state index in [1.165, 1.54) is 5.56 Å². The number of ether oxygens (including phenoxy) is 1. The van der Waals surface area contributed by atoms with Crippen LogP contribution in [0.2, 0.25) is 5.02 Å². The smallest absolute Gasteiger partial charge is 0.123 e. The van der Waals surface area contributed by atoms with E-state index < -0.39 is 0 Å². The average molecular weight is 341 g/mol. The van der Waals surface area contributed by atoms with E-state index in [1.807, 2.05) is 30.3 Å². The van der Waals surface area contributed by atoms with Crippen LogP contribution in [0.4, 0.5) is 5.69 Å². The Kier molecular flexibility index (Phi) is 4.72. The lowest BCUT2D eigenvalue weighted by Crippen LogP contribution is -2.03. The van der Waals surface area contributed by atoms with E-state index in [0.717, 1.165) is 21.5 Å². The van der Waals surface area contributed by atoms with Gasteiger partial charge in [-0.15, -0.1) is 0 Å². The SMILES string of the molecule is COc1ccc(Cl)cc1CNc1cccc(Br)c1C. The second-order valence-corrected chi connectivity index (χ2v) is 5.51. The van der Waals surface area contributed by atoms with Crippen LogP contribution in [0.1, 0.15) is 11.1 Å². The maximum absolute atomic E-state index is 6.02. The van der Waals surface area contributed by atoms with Gasteiger partial charge < -0.3 is 10.1 Å². The minimum atomic E-state index is 0.668. The van der Waals surface area contributed by atoms with Gasteiger partial charge in [0.2, 0.25) is 0 Å². The molecule has 100 valence electrons. The Morgan fingerprint density at radius 2 is 2.05 bits per heavy atom. The molecule has 0 aliphatic heterocycles. The molecule has 2 nitrogen and oxygen atoms in total. The second kappa shape index (κ2) is 6.31. The summed E-state index contributed by atoms with van der Waals surface area (Å²) in [6.45, 7) is 2.74. The zero-order valence-electron chi connectivity index (χ0n) is 10.8. The first kappa shape index (κ1) is 14.2. The molecule has 0 atom stereocenters. The lowest BCUT2D eigenvalue weighted by atomic mass is 10.1. The second-order valence-electron chi connectivity index (χ2n) is 4.22. The van der Waals surface area contributed by atoms with Crippen molar-refractivity contribution in [1.82, 2.24) is 0 Å². The van der Waals surface area contributed by atoms with Crippen LogP contribution in [0.15, 0.2) is 40.9 Å². The fraction of sp³-hybridized carbons (Fsp3) is 0.200. The van der Waals surface area contributed by atoms with E-state index in [9.17, 15) is 0 Å². The standard InChI is InChI=1S/C15H15BrClNO/c1-10-13(16)4-3-5-14(10)18-9-11-8-12(17)6-7-15(11)19-2/h3-8,18H,9H2,1-2H3. The number of hydrogen-bond acceptors (Lipinski definition) is 2. The van der Waals surface area contributed by atoms with Crippen molar-refractivity contribution in [3.05, 3.63) is 57.0 Å². The van der Waals surface area contributed by atoms with E-state index in [-0.39, 0.29) is 0 Å². The highest BCUT2D eigenvalue weighted by Gasteiger charge is 2.06. The van der Waals surface area contributed by atoms with Gasteiger partial charge in [0.1, 0.15) is 5.75 Å². The number of nitrogens with one attached hydrogen (secondary N) is 1. The lowest BCUT2D eigenvalue weighted by molar-refractivity contribution is 0.410. The Morgan fingerprint density at radius 3 is 2.79 bits per heavy atom. The first-order chi connectivity index (χ1) is 9.11. The van der Waals surface area contributed by atoms with Crippen molar-refractivity contribution in [2.75, 3.05) is 12.4 Å². The Morgan fingerprint density at radius 1 is 1.26 bits per heavy atom. The number of halogens is 2. The van der Waals surface area contributed by atoms with E-state index in [0.29, 0.717) is 11.6 Å². The predicted molar refractivity (Wildman–Crippen MR) is 84.2 cm³/mol. The zero-order valence-corrected chi connectivity index (χ0v) is 13.2. The number of methoxy groups -OCH3 is 1. The summed E-state index contributed by atoms with van der Waals surface area (Å²) >= 11 is 9.55. The van der Waals surface area contributed by atoms with Crippen LogP contribution in [0.25, 0.3) is 0 Å². The van der Waals surface area contributed by atoms with Gasteiger partial charge >= 0.3 is 0 Å². The van der Waals surface area contributed by atoms with Crippen LogP contribution in [-0.4, -0.2) is 7.11 Å². The molecule has 4 heteroatoms. The molecule has 0 aliphatic carbocycles. The molecule has 2 aromatic carbocycles. The first-order valence-corrected chi connectivity index (χ1v) is 7.10. The number of anilines is 1. The molecule has 0 amide bonds. The van der Waals surface area contributed by atoms with E-state index >= 15 is 0 Å². The van der Waals surface area contributed by atoms with Crippen LogP contribution in [0, 0.1) is 6.92 Å². The molecule has 0 aromatic heterocycles. The Bertz CT molecular complexity index is 586. The molecule has 0 saturated carbocycles. The van der Waals surface area contributed by atoms with Gasteiger partial charge in [-0.3, -0.25) is 0 Å². The number of hydrogen-bond donors (Lipinski definition) is 1. The highest BCUT2D eigenvalue weighted by atomic mass is 79.9. The van der Waals surface area contributed by atoms with Crippen molar-refractivity contribution in [2.45, 2.75) is 13.5 Å². The molecular formula is C15H15BrClNO. The van der Waals surface area contributed by atoms with Crippen molar-refractivity contribution in [2.24, 2.45) is 0 Å². The quantitative estimate of drug-likeness (QED) is 0.842. The van der Waals surface area contributed by atoms with E-state index in [2.05, 4.69) is 34.2 Å². The molecule has 0 unspecified atom stereocenters. The highest BCUT2D eigenvalue weighted by molar-refractivity contribution is 9.10. The summed E-state index contributed by atoms with van der Waals surface area (Å²) in [6, 6.07) is 11.7. The molecule has 0 saturated heterocycles. The molecule has 2 aromatic rings. The molecule has 2 rings (SSSR count). The summed E-state index contributed by atoms with van der Waals surface area (Å²) < 4.78 is 6.43. The predicted octanol–water partition coefficient (Wildman–Crippen LogP) is 5.03. The molecule has 0 spiro atoms. The van der Waals surface area contributed by atoms with Crippen molar-refractivity contribution < 1.29 is 4.74 Å². The number of rotatable bonds is 4. The molecular weight excluding hydrogens is 326 g/mol. The third kappa shape index (κ3) is 3.43. The summed E-state index contributed by atoms with van der Waals surface area (Å²) in [6.07, 6.45) is 0. The summed E-state index contributed by atoms with van der Waals surface area (Å²) in [5.41, 5.74) is 3.31. The van der Waals surface area contributed by atoms with Crippen molar-refractivity contribution in [3.63, 3.8) is 0 Å². The minimum absolute atomic E-state index is 0.668. The average Bonchev–Trinajstić information content (AvgIpc) is 2.40. The maximum atomic E-state index is 6.02. The molecule has 0 bridgehead atoms. The van der Waals surface area contributed by atoms with E-state index in [4.69, 9.17) is 16.3 Å². The van der Waals surface area contributed by atoms with Crippen molar-refractivity contribution in [3.8, 4) is 5.75 Å². The molecule has 0 radical (unpaired) electrons. The van der Waals surface area contributed by atoms with Gasteiger partial charge in [0, 0.05) is 27.3 Å². The van der Waals surface area contributed by atoms with Gasteiger partial charge in [-0.2, -0.15) is 0 Å². The fourth-order valence-electron chi connectivity index (χ4n) is 1.87. The van der Waals surface area contributed by atoms with Gasteiger partial charge in [0.25, 0.3) is 0 Å². The van der Waals surface area contributed by atoms with Crippen molar-refractivity contribution >= 4 is 33.2 Å². The zero-order chi connectivity index (χ0) is 13.8. The third-order valence-electron chi connectivity index (χ3n) is 2.98. The Hall–Kier alpha value is -1.19. The van der Waals surface area contributed by atoms with Gasteiger partial charge in [0.05, 0.1) is 7.11 Å². The van der Waals surface area contributed by atoms with Gasteiger partial charge in [-0.25, -0.2) is 0 Å². The molecule has 0 fully saturated rings.